The summed E-state index contributed by atoms with van der Waals surface area (Å²) < 4.78 is 5.47. The summed E-state index contributed by atoms with van der Waals surface area (Å²) in [6.07, 6.45) is 0.190. The number of hydrogen-bond acceptors (Lipinski definition) is 3. The lowest BCUT2D eigenvalue weighted by Crippen LogP contribution is -2.25. The van der Waals surface area contributed by atoms with E-state index < -0.39 is 5.97 Å². The topological polar surface area (TPSA) is 49.8 Å². The molecule has 0 aromatic heterocycles. The number of ether oxygens (including phenoxy) is 1. The summed E-state index contributed by atoms with van der Waals surface area (Å²) in [4.78, 5) is 13.1. The van der Waals surface area contributed by atoms with Crippen molar-refractivity contribution in [1.29, 1.82) is 0 Å². The molecule has 0 atom stereocenters. The molecule has 1 aromatic carbocycles. The van der Waals surface area contributed by atoms with Gasteiger partial charge in [0.1, 0.15) is 0 Å². The Morgan fingerprint density at radius 1 is 1.44 bits per heavy atom. The molecule has 1 rings (SSSR count). The Morgan fingerprint density at radius 2 is 2.11 bits per heavy atom. The molecule has 0 spiro atoms. The Morgan fingerprint density at radius 3 is 2.67 bits per heavy atom. The summed E-state index contributed by atoms with van der Waals surface area (Å²) in [6.45, 7) is 7.10. The largest absolute Gasteiger partial charge is 0.478 e. The molecule has 0 saturated heterocycles. The van der Waals surface area contributed by atoms with E-state index in [1.54, 1.807) is 6.07 Å². The zero-order valence-electron chi connectivity index (χ0n) is 11.4. The van der Waals surface area contributed by atoms with E-state index in [4.69, 9.17) is 4.74 Å². The zero-order valence-corrected chi connectivity index (χ0v) is 11.4. The first-order valence-corrected chi connectivity index (χ1v) is 6.08. The molecule has 0 fully saturated rings. The van der Waals surface area contributed by atoms with Crippen LogP contribution in [-0.4, -0.2) is 37.4 Å². The van der Waals surface area contributed by atoms with Crippen LogP contribution in [0.1, 0.15) is 29.8 Å². The van der Waals surface area contributed by atoms with Crippen molar-refractivity contribution in [3.63, 3.8) is 0 Å². The Hall–Kier alpha value is -1.55. The predicted octanol–water partition coefficient (Wildman–Crippen LogP) is 2.55. The van der Waals surface area contributed by atoms with Gasteiger partial charge >= 0.3 is 5.97 Å². The fraction of sp³-hybridized carbons (Fsp3) is 0.500. The molecule has 4 heteroatoms. The number of hydrogen-bond donors (Lipinski definition) is 1. The maximum Gasteiger partial charge on any atom is 0.337 e. The van der Waals surface area contributed by atoms with E-state index in [-0.39, 0.29) is 6.10 Å². The molecular formula is C14H21NO3. The smallest absolute Gasteiger partial charge is 0.337 e. The second-order valence-corrected chi connectivity index (χ2v) is 4.67. The maximum absolute atomic E-state index is 11.2. The fourth-order valence-electron chi connectivity index (χ4n) is 1.70. The molecule has 0 radical (unpaired) electrons. The summed E-state index contributed by atoms with van der Waals surface area (Å²) in [7, 11) is 1.88. The average molecular weight is 251 g/mol. The molecule has 0 aliphatic rings. The van der Waals surface area contributed by atoms with Crippen LogP contribution >= 0.6 is 0 Å². The molecule has 4 nitrogen and oxygen atoms in total. The number of anilines is 1. The Labute approximate surface area is 108 Å². The van der Waals surface area contributed by atoms with Crippen LogP contribution in [-0.2, 0) is 4.74 Å². The third kappa shape index (κ3) is 4.04. The lowest BCUT2D eigenvalue weighted by atomic mass is 10.1. The molecule has 0 heterocycles. The van der Waals surface area contributed by atoms with E-state index in [2.05, 4.69) is 0 Å². The van der Waals surface area contributed by atoms with Gasteiger partial charge in [0, 0.05) is 13.6 Å². The molecule has 100 valence electrons. The quantitative estimate of drug-likeness (QED) is 0.844. The Kier molecular flexibility index (Phi) is 5.16. The van der Waals surface area contributed by atoms with Gasteiger partial charge in [0.15, 0.2) is 0 Å². The normalized spacial score (nSPS) is 10.7. The Bertz CT molecular complexity index is 416. The first kappa shape index (κ1) is 14.5. The van der Waals surface area contributed by atoms with Crippen molar-refractivity contribution in [3.8, 4) is 0 Å². The first-order chi connectivity index (χ1) is 8.41. The lowest BCUT2D eigenvalue weighted by Gasteiger charge is -2.22. The van der Waals surface area contributed by atoms with E-state index in [0.29, 0.717) is 18.7 Å². The average Bonchev–Trinajstić information content (AvgIpc) is 2.28. The van der Waals surface area contributed by atoms with Crippen molar-refractivity contribution >= 4 is 11.7 Å². The third-order valence-electron chi connectivity index (χ3n) is 2.67. The fourth-order valence-corrected chi connectivity index (χ4v) is 1.70. The van der Waals surface area contributed by atoms with Gasteiger partial charge in [-0.15, -0.1) is 0 Å². The predicted molar refractivity (Wildman–Crippen MR) is 72.5 cm³/mol. The standard InChI is InChI=1S/C14H21NO3/c1-10(2)18-8-7-15(4)13-6-5-11(3)9-12(13)14(16)17/h5-6,9-10H,7-8H2,1-4H3,(H,16,17). The molecule has 0 aliphatic heterocycles. The maximum atomic E-state index is 11.2. The van der Waals surface area contributed by atoms with Gasteiger partial charge in [-0.05, 0) is 32.9 Å². The van der Waals surface area contributed by atoms with Gasteiger partial charge in [0.05, 0.1) is 24.0 Å². The van der Waals surface area contributed by atoms with Gasteiger partial charge in [-0.3, -0.25) is 0 Å². The Balaban J connectivity index is 2.78. The van der Waals surface area contributed by atoms with Gasteiger partial charge in [0.25, 0.3) is 0 Å². The number of nitrogens with zero attached hydrogens (tertiary/aromatic N) is 1. The van der Waals surface area contributed by atoms with Crippen molar-refractivity contribution < 1.29 is 14.6 Å². The highest BCUT2D eigenvalue weighted by molar-refractivity contribution is 5.94. The van der Waals surface area contributed by atoms with Crippen LogP contribution in [0.2, 0.25) is 0 Å². The number of benzene rings is 1. The van der Waals surface area contributed by atoms with Gasteiger partial charge in [-0.1, -0.05) is 11.6 Å². The summed E-state index contributed by atoms with van der Waals surface area (Å²) >= 11 is 0. The van der Waals surface area contributed by atoms with Crippen LogP contribution in [0.15, 0.2) is 18.2 Å². The van der Waals surface area contributed by atoms with Crippen LogP contribution in [0.25, 0.3) is 0 Å². The number of carbonyl (C=O) groups is 1. The van der Waals surface area contributed by atoms with Crippen LogP contribution in [0.4, 0.5) is 5.69 Å². The number of aryl methyl sites for hydroxylation is 1. The zero-order chi connectivity index (χ0) is 13.7. The SMILES string of the molecule is Cc1ccc(N(C)CCOC(C)C)c(C(=O)O)c1. The number of rotatable bonds is 6. The van der Waals surface area contributed by atoms with Crippen LogP contribution in [0.5, 0.6) is 0 Å². The minimum atomic E-state index is -0.898. The van der Waals surface area contributed by atoms with Crippen molar-refractivity contribution in [3.05, 3.63) is 29.3 Å². The van der Waals surface area contributed by atoms with Crippen molar-refractivity contribution in [2.24, 2.45) is 0 Å². The number of carboxylic acids is 1. The minimum Gasteiger partial charge on any atom is -0.478 e. The van der Waals surface area contributed by atoms with E-state index in [0.717, 1.165) is 11.3 Å². The van der Waals surface area contributed by atoms with Gasteiger partial charge in [-0.25, -0.2) is 4.79 Å². The minimum absolute atomic E-state index is 0.190. The van der Waals surface area contributed by atoms with E-state index in [1.165, 1.54) is 0 Å². The summed E-state index contributed by atoms with van der Waals surface area (Å²) in [5, 5.41) is 9.19. The van der Waals surface area contributed by atoms with Crippen LogP contribution in [0, 0.1) is 6.92 Å². The van der Waals surface area contributed by atoms with Gasteiger partial charge in [0.2, 0.25) is 0 Å². The highest BCUT2D eigenvalue weighted by Crippen LogP contribution is 2.20. The van der Waals surface area contributed by atoms with Crippen LogP contribution in [0.3, 0.4) is 0 Å². The third-order valence-corrected chi connectivity index (χ3v) is 2.67. The van der Waals surface area contributed by atoms with Gasteiger partial charge in [-0.2, -0.15) is 0 Å². The van der Waals surface area contributed by atoms with Crippen LogP contribution < -0.4 is 4.90 Å². The van der Waals surface area contributed by atoms with Crippen molar-refractivity contribution in [1.82, 2.24) is 0 Å². The molecular weight excluding hydrogens is 230 g/mol. The number of aromatic carboxylic acids is 1. The lowest BCUT2D eigenvalue weighted by molar-refractivity contribution is 0.0696. The monoisotopic (exact) mass is 251 g/mol. The molecule has 0 bridgehead atoms. The molecule has 0 aliphatic carbocycles. The highest BCUT2D eigenvalue weighted by atomic mass is 16.5. The van der Waals surface area contributed by atoms with Crippen molar-refractivity contribution in [2.45, 2.75) is 26.9 Å². The first-order valence-electron chi connectivity index (χ1n) is 6.08. The molecule has 0 saturated carbocycles. The number of carboxylic acid groups (broad SMARTS) is 1. The second kappa shape index (κ2) is 6.40. The molecule has 0 unspecified atom stereocenters. The van der Waals surface area contributed by atoms with E-state index in [1.807, 2.05) is 44.9 Å². The summed E-state index contributed by atoms with van der Waals surface area (Å²) in [5.74, 6) is -0.898. The highest BCUT2D eigenvalue weighted by Gasteiger charge is 2.13. The number of likely N-dealkylation sites (N-methyl/N-ethyl adjacent to an activating group) is 1. The van der Waals surface area contributed by atoms with E-state index in [9.17, 15) is 9.90 Å². The summed E-state index contributed by atoms with van der Waals surface area (Å²) in [5.41, 5.74) is 2.01. The second-order valence-electron chi connectivity index (χ2n) is 4.67. The molecule has 0 amide bonds. The van der Waals surface area contributed by atoms with E-state index >= 15 is 0 Å². The molecule has 18 heavy (non-hydrogen) atoms. The molecule has 1 aromatic rings. The van der Waals surface area contributed by atoms with Crippen molar-refractivity contribution in [2.75, 3.05) is 25.1 Å². The summed E-state index contributed by atoms with van der Waals surface area (Å²) in [6, 6.07) is 5.45. The van der Waals surface area contributed by atoms with Gasteiger partial charge < -0.3 is 14.7 Å². The molecule has 1 N–H and O–H groups in total.